The van der Waals surface area contributed by atoms with Gasteiger partial charge in [0.1, 0.15) is 5.75 Å². The van der Waals surface area contributed by atoms with Gasteiger partial charge in [0.05, 0.1) is 19.9 Å². The maximum Gasteiger partial charge on any atom is 0.162 e. The largest absolute Gasteiger partial charge is 0.504 e. The minimum Gasteiger partial charge on any atom is -0.504 e. The Labute approximate surface area is 129 Å². The quantitative estimate of drug-likeness (QED) is 0.914. The van der Waals surface area contributed by atoms with Gasteiger partial charge in [0.2, 0.25) is 0 Å². The van der Waals surface area contributed by atoms with Gasteiger partial charge >= 0.3 is 0 Å². The number of ether oxygens (including phenoxy) is 2. The van der Waals surface area contributed by atoms with E-state index in [-0.39, 0.29) is 5.75 Å². The van der Waals surface area contributed by atoms with Crippen LogP contribution in [0.4, 0.5) is 5.69 Å². The van der Waals surface area contributed by atoms with E-state index in [1.54, 1.807) is 19.2 Å². The molecule has 0 radical (unpaired) electrons. The molecule has 112 valence electrons. The number of rotatable bonds is 5. The second-order valence-electron chi connectivity index (χ2n) is 4.64. The number of methoxy groups -OCH3 is 2. The molecule has 2 aromatic rings. The van der Waals surface area contributed by atoms with Crippen LogP contribution in [0.2, 0.25) is 5.02 Å². The fourth-order valence-corrected chi connectivity index (χ4v) is 2.42. The van der Waals surface area contributed by atoms with E-state index in [4.69, 9.17) is 21.1 Å². The Bertz CT molecular complexity index is 631. The average Bonchev–Trinajstić information content (AvgIpc) is 2.50. The van der Waals surface area contributed by atoms with Crippen molar-refractivity contribution in [3.63, 3.8) is 0 Å². The van der Waals surface area contributed by atoms with E-state index in [1.807, 2.05) is 36.2 Å². The number of anilines is 1. The number of phenolic OH excluding ortho intramolecular Hbond substituents is 1. The van der Waals surface area contributed by atoms with Crippen molar-refractivity contribution in [1.82, 2.24) is 0 Å². The van der Waals surface area contributed by atoms with Crippen molar-refractivity contribution < 1.29 is 14.6 Å². The Morgan fingerprint density at radius 2 is 1.76 bits per heavy atom. The predicted octanol–water partition coefficient (Wildman–Crippen LogP) is 3.70. The van der Waals surface area contributed by atoms with Crippen molar-refractivity contribution in [3.8, 4) is 17.2 Å². The molecule has 2 rings (SSSR count). The number of phenols is 1. The van der Waals surface area contributed by atoms with Crippen LogP contribution < -0.4 is 14.4 Å². The summed E-state index contributed by atoms with van der Waals surface area (Å²) in [5.41, 5.74) is 1.62. The van der Waals surface area contributed by atoms with Crippen LogP contribution in [-0.4, -0.2) is 26.4 Å². The number of halogens is 1. The minimum atomic E-state index is 0.101. The second kappa shape index (κ2) is 6.59. The lowest BCUT2D eigenvalue weighted by molar-refractivity contribution is 0.370. The summed E-state index contributed by atoms with van der Waals surface area (Å²) >= 11 is 6.05. The highest BCUT2D eigenvalue weighted by Gasteiger charge is 2.14. The van der Waals surface area contributed by atoms with Gasteiger partial charge in [-0.15, -0.1) is 0 Å². The normalized spacial score (nSPS) is 10.3. The summed E-state index contributed by atoms with van der Waals surface area (Å²) in [5.74, 6) is 1.24. The SMILES string of the molecule is COc1ccccc1N(C)Cc1cc(Cl)cc(OC)c1O. The smallest absolute Gasteiger partial charge is 0.162 e. The Balaban J connectivity index is 2.31. The number of hydrogen-bond donors (Lipinski definition) is 1. The van der Waals surface area contributed by atoms with Crippen LogP contribution in [0, 0.1) is 0 Å². The minimum absolute atomic E-state index is 0.101. The molecule has 0 bridgehead atoms. The third-order valence-electron chi connectivity index (χ3n) is 3.24. The highest BCUT2D eigenvalue weighted by Crippen LogP contribution is 2.35. The van der Waals surface area contributed by atoms with Crippen LogP contribution in [0.25, 0.3) is 0 Å². The van der Waals surface area contributed by atoms with Crippen LogP contribution in [0.15, 0.2) is 36.4 Å². The third kappa shape index (κ3) is 3.34. The van der Waals surface area contributed by atoms with E-state index in [1.165, 1.54) is 7.11 Å². The Morgan fingerprint density at radius 3 is 2.43 bits per heavy atom. The summed E-state index contributed by atoms with van der Waals surface area (Å²) in [4.78, 5) is 1.98. The fraction of sp³-hybridized carbons (Fsp3) is 0.250. The van der Waals surface area contributed by atoms with E-state index in [0.717, 1.165) is 11.4 Å². The first-order chi connectivity index (χ1) is 10.1. The highest BCUT2D eigenvalue weighted by atomic mass is 35.5. The van der Waals surface area contributed by atoms with E-state index < -0.39 is 0 Å². The van der Waals surface area contributed by atoms with Crippen molar-refractivity contribution in [2.75, 3.05) is 26.2 Å². The zero-order valence-corrected chi connectivity index (χ0v) is 13.0. The molecule has 4 nitrogen and oxygen atoms in total. The Hall–Kier alpha value is -2.07. The van der Waals surface area contributed by atoms with Gasteiger partial charge in [0, 0.05) is 30.2 Å². The molecule has 0 saturated heterocycles. The summed E-state index contributed by atoms with van der Waals surface area (Å²) < 4.78 is 10.5. The standard InChI is InChI=1S/C16H18ClNO3/c1-18(13-6-4-5-7-14(13)20-2)10-11-8-12(17)9-15(21-3)16(11)19/h4-9,19H,10H2,1-3H3. The molecular formula is C16H18ClNO3. The fourth-order valence-electron chi connectivity index (χ4n) is 2.19. The summed E-state index contributed by atoms with van der Waals surface area (Å²) in [7, 11) is 5.05. The van der Waals surface area contributed by atoms with Crippen molar-refractivity contribution in [2.45, 2.75) is 6.54 Å². The molecular weight excluding hydrogens is 290 g/mol. The first kappa shape index (κ1) is 15.3. The first-order valence-electron chi connectivity index (χ1n) is 6.46. The summed E-state index contributed by atoms with van der Waals surface area (Å²) in [5, 5.41) is 10.7. The molecule has 1 N–H and O–H groups in total. The van der Waals surface area contributed by atoms with Crippen molar-refractivity contribution in [3.05, 3.63) is 47.0 Å². The van der Waals surface area contributed by atoms with Crippen molar-refractivity contribution in [2.24, 2.45) is 0 Å². The molecule has 2 aromatic carbocycles. The summed E-state index contributed by atoms with van der Waals surface area (Å²) in [6.07, 6.45) is 0. The van der Waals surface area contributed by atoms with E-state index in [2.05, 4.69) is 0 Å². The number of aromatic hydroxyl groups is 1. The molecule has 5 heteroatoms. The molecule has 0 aliphatic rings. The molecule has 0 amide bonds. The van der Waals surface area contributed by atoms with Crippen LogP contribution in [-0.2, 0) is 6.54 Å². The second-order valence-corrected chi connectivity index (χ2v) is 5.08. The number of para-hydroxylation sites is 2. The van der Waals surface area contributed by atoms with Crippen LogP contribution >= 0.6 is 11.6 Å². The molecule has 0 aliphatic carbocycles. The molecule has 21 heavy (non-hydrogen) atoms. The topological polar surface area (TPSA) is 41.9 Å². The summed E-state index contributed by atoms with van der Waals surface area (Å²) in [6.45, 7) is 0.475. The Morgan fingerprint density at radius 1 is 1.10 bits per heavy atom. The monoisotopic (exact) mass is 307 g/mol. The predicted molar refractivity (Wildman–Crippen MR) is 84.8 cm³/mol. The maximum absolute atomic E-state index is 10.2. The van der Waals surface area contributed by atoms with Gasteiger partial charge in [-0.2, -0.15) is 0 Å². The lowest BCUT2D eigenvalue weighted by Gasteiger charge is -2.22. The lowest BCUT2D eigenvalue weighted by atomic mass is 10.1. The maximum atomic E-state index is 10.2. The first-order valence-corrected chi connectivity index (χ1v) is 6.84. The zero-order valence-electron chi connectivity index (χ0n) is 12.3. The molecule has 0 unspecified atom stereocenters. The van der Waals surface area contributed by atoms with Gasteiger partial charge in [-0.05, 0) is 18.2 Å². The number of nitrogens with zero attached hydrogens (tertiary/aromatic N) is 1. The third-order valence-corrected chi connectivity index (χ3v) is 3.46. The molecule has 0 aliphatic heterocycles. The average molecular weight is 308 g/mol. The van der Waals surface area contributed by atoms with Gasteiger partial charge in [0.25, 0.3) is 0 Å². The van der Waals surface area contributed by atoms with Gasteiger partial charge < -0.3 is 19.5 Å². The Kier molecular flexibility index (Phi) is 4.81. The van der Waals surface area contributed by atoms with Crippen molar-refractivity contribution in [1.29, 1.82) is 0 Å². The van der Waals surface area contributed by atoms with Gasteiger partial charge in [0.15, 0.2) is 11.5 Å². The molecule has 0 aromatic heterocycles. The van der Waals surface area contributed by atoms with E-state index >= 15 is 0 Å². The highest BCUT2D eigenvalue weighted by molar-refractivity contribution is 6.30. The van der Waals surface area contributed by atoms with Crippen LogP contribution in [0.3, 0.4) is 0 Å². The van der Waals surface area contributed by atoms with Crippen LogP contribution in [0.5, 0.6) is 17.2 Å². The zero-order chi connectivity index (χ0) is 15.4. The molecule has 0 atom stereocenters. The summed E-state index contributed by atoms with van der Waals surface area (Å²) in [6, 6.07) is 11.0. The van der Waals surface area contributed by atoms with Gasteiger partial charge in [-0.25, -0.2) is 0 Å². The van der Waals surface area contributed by atoms with Gasteiger partial charge in [-0.3, -0.25) is 0 Å². The molecule has 0 fully saturated rings. The van der Waals surface area contributed by atoms with E-state index in [0.29, 0.717) is 22.9 Å². The molecule has 0 heterocycles. The van der Waals surface area contributed by atoms with Gasteiger partial charge in [-0.1, -0.05) is 23.7 Å². The van der Waals surface area contributed by atoms with E-state index in [9.17, 15) is 5.11 Å². The van der Waals surface area contributed by atoms with Crippen LogP contribution in [0.1, 0.15) is 5.56 Å². The number of hydrogen-bond acceptors (Lipinski definition) is 4. The lowest BCUT2D eigenvalue weighted by Crippen LogP contribution is -2.17. The molecule has 0 spiro atoms. The molecule has 0 saturated carbocycles. The number of benzene rings is 2. The van der Waals surface area contributed by atoms with Crippen molar-refractivity contribution >= 4 is 17.3 Å².